The van der Waals surface area contributed by atoms with Crippen LogP contribution in [0.15, 0.2) is 23.2 Å². The van der Waals surface area contributed by atoms with Gasteiger partial charge in [0.15, 0.2) is 17.5 Å². The minimum atomic E-state index is 0. The van der Waals surface area contributed by atoms with Gasteiger partial charge in [-0.3, -0.25) is 4.99 Å². The minimum absolute atomic E-state index is 0. The van der Waals surface area contributed by atoms with E-state index in [9.17, 15) is 0 Å². The molecule has 0 aromatic heterocycles. The molecule has 122 valence electrons. The van der Waals surface area contributed by atoms with Gasteiger partial charge in [-0.2, -0.15) is 0 Å². The molecule has 1 aromatic carbocycles. The van der Waals surface area contributed by atoms with E-state index in [1.54, 1.807) is 0 Å². The van der Waals surface area contributed by atoms with Crippen LogP contribution in [0.3, 0.4) is 0 Å². The van der Waals surface area contributed by atoms with Crippen LogP contribution in [0.2, 0.25) is 0 Å². The van der Waals surface area contributed by atoms with Crippen molar-refractivity contribution in [2.75, 3.05) is 13.8 Å². The number of halogens is 1. The largest absolute Gasteiger partial charge is 0.454 e. The number of ether oxygens (including phenoxy) is 2. The van der Waals surface area contributed by atoms with Crippen LogP contribution in [0.1, 0.15) is 37.7 Å². The number of hydrogen-bond donors (Lipinski definition) is 2. The quantitative estimate of drug-likeness (QED) is 0.451. The first kappa shape index (κ1) is 17.2. The molecule has 1 saturated carbocycles. The van der Waals surface area contributed by atoms with Gasteiger partial charge in [0.25, 0.3) is 0 Å². The maximum Gasteiger partial charge on any atom is 0.231 e. The molecule has 1 fully saturated rings. The molecule has 2 N–H and O–H groups in total. The van der Waals surface area contributed by atoms with E-state index in [2.05, 4.69) is 21.7 Å². The monoisotopic (exact) mass is 417 g/mol. The predicted molar refractivity (Wildman–Crippen MR) is 98.2 cm³/mol. The summed E-state index contributed by atoms with van der Waals surface area (Å²) in [5, 5.41) is 6.88. The van der Waals surface area contributed by atoms with E-state index < -0.39 is 0 Å². The molecule has 0 saturated heterocycles. The van der Waals surface area contributed by atoms with Gasteiger partial charge in [0.05, 0.1) is 0 Å². The van der Waals surface area contributed by atoms with Gasteiger partial charge in [0.1, 0.15) is 0 Å². The lowest BCUT2D eigenvalue weighted by atomic mass is 9.96. The fourth-order valence-corrected chi connectivity index (χ4v) is 2.87. The second kappa shape index (κ2) is 8.45. The molecule has 0 spiro atoms. The Morgan fingerprint density at radius 2 is 1.95 bits per heavy atom. The van der Waals surface area contributed by atoms with Crippen LogP contribution in [0.25, 0.3) is 0 Å². The van der Waals surface area contributed by atoms with E-state index in [1.807, 2.05) is 19.2 Å². The van der Waals surface area contributed by atoms with Gasteiger partial charge in [0.2, 0.25) is 6.79 Å². The van der Waals surface area contributed by atoms with Crippen LogP contribution < -0.4 is 20.1 Å². The summed E-state index contributed by atoms with van der Waals surface area (Å²) in [6.45, 7) is 1.04. The Labute approximate surface area is 148 Å². The molecular formula is C16H24IN3O2. The minimum Gasteiger partial charge on any atom is -0.454 e. The average molecular weight is 417 g/mol. The molecule has 22 heavy (non-hydrogen) atoms. The standard InChI is InChI=1S/C16H23N3O2.HI/c1-17-16(19-13-5-3-2-4-6-13)18-10-12-7-8-14-15(9-12)21-11-20-14;/h7-9,13H,2-6,10-11H2,1H3,(H2,17,18,19);1H. The number of hydrogen-bond acceptors (Lipinski definition) is 3. The van der Waals surface area contributed by atoms with E-state index in [0.717, 1.165) is 29.6 Å². The number of benzene rings is 1. The fourth-order valence-electron chi connectivity index (χ4n) is 2.87. The molecule has 6 heteroatoms. The van der Waals surface area contributed by atoms with Crippen molar-refractivity contribution in [1.82, 2.24) is 10.6 Å². The van der Waals surface area contributed by atoms with E-state index in [0.29, 0.717) is 12.8 Å². The molecule has 3 rings (SSSR count). The van der Waals surface area contributed by atoms with E-state index >= 15 is 0 Å². The van der Waals surface area contributed by atoms with Crippen LogP contribution in [0, 0.1) is 0 Å². The lowest BCUT2D eigenvalue weighted by molar-refractivity contribution is 0.174. The summed E-state index contributed by atoms with van der Waals surface area (Å²) in [7, 11) is 1.82. The van der Waals surface area contributed by atoms with Gasteiger partial charge in [-0.1, -0.05) is 25.3 Å². The molecule has 1 heterocycles. The van der Waals surface area contributed by atoms with Crippen molar-refractivity contribution in [2.45, 2.75) is 44.7 Å². The molecule has 2 aliphatic rings. The maximum absolute atomic E-state index is 5.40. The van der Waals surface area contributed by atoms with Crippen molar-refractivity contribution in [2.24, 2.45) is 4.99 Å². The first-order chi connectivity index (χ1) is 10.3. The zero-order chi connectivity index (χ0) is 14.5. The lowest BCUT2D eigenvalue weighted by Gasteiger charge is -2.24. The van der Waals surface area contributed by atoms with Crippen molar-refractivity contribution in [3.63, 3.8) is 0 Å². The van der Waals surface area contributed by atoms with Gasteiger partial charge < -0.3 is 20.1 Å². The predicted octanol–water partition coefficient (Wildman–Crippen LogP) is 3.03. The smallest absolute Gasteiger partial charge is 0.231 e. The number of nitrogens with zero attached hydrogens (tertiary/aromatic N) is 1. The summed E-state index contributed by atoms with van der Waals surface area (Å²) in [6, 6.07) is 6.58. The Morgan fingerprint density at radius 1 is 1.18 bits per heavy atom. The van der Waals surface area contributed by atoms with E-state index in [-0.39, 0.29) is 24.0 Å². The number of guanidine groups is 1. The Kier molecular flexibility index (Phi) is 6.60. The molecule has 0 atom stereocenters. The topological polar surface area (TPSA) is 54.9 Å². The summed E-state index contributed by atoms with van der Waals surface area (Å²) < 4.78 is 10.7. The molecule has 0 unspecified atom stereocenters. The van der Waals surface area contributed by atoms with Gasteiger partial charge >= 0.3 is 0 Å². The second-order valence-corrected chi connectivity index (χ2v) is 5.59. The first-order valence-electron chi connectivity index (χ1n) is 7.71. The van der Waals surface area contributed by atoms with Gasteiger partial charge in [-0.25, -0.2) is 0 Å². The van der Waals surface area contributed by atoms with Crippen LogP contribution in [-0.4, -0.2) is 25.8 Å². The van der Waals surface area contributed by atoms with E-state index in [1.165, 1.54) is 32.1 Å². The second-order valence-electron chi connectivity index (χ2n) is 5.59. The molecule has 0 bridgehead atoms. The highest BCUT2D eigenvalue weighted by molar-refractivity contribution is 14.0. The highest BCUT2D eigenvalue weighted by Gasteiger charge is 2.15. The summed E-state index contributed by atoms with van der Waals surface area (Å²) in [4.78, 5) is 4.31. The third-order valence-electron chi connectivity index (χ3n) is 4.07. The maximum atomic E-state index is 5.40. The molecule has 1 aliphatic heterocycles. The van der Waals surface area contributed by atoms with Gasteiger partial charge in [0, 0.05) is 19.6 Å². The van der Waals surface area contributed by atoms with Crippen molar-refractivity contribution in [3.8, 4) is 11.5 Å². The third kappa shape index (κ3) is 4.41. The normalized spacial score (nSPS) is 17.8. The van der Waals surface area contributed by atoms with Gasteiger partial charge in [-0.05, 0) is 30.5 Å². The Balaban J connectivity index is 0.00000176. The Morgan fingerprint density at radius 3 is 2.73 bits per heavy atom. The Bertz CT molecular complexity index is 516. The SMILES string of the molecule is CN=C(NCc1ccc2c(c1)OCO2)NC1CCCCC1.I. The molecule has 0 amide bonds. The zero-order valence-electron chi connectivity index (χ0n) is 12.9. The first-order valence-corrected chi connectivity index (χ1v) is 7.71. The molecular weight excluding hydrogens is 393 g/mol. The number of nitrogens with one attached hydrogen (secondary N) is 2. The Hall–Kier alpha value is -1.18. The van der Waals surface area contributed by atoms with Crippen LogP contribution in [0.4, 0.5) is 0 Å². The van der Waals surface area contributed by atoms with Crippen molar-refractivity contribution in [1.29, 1.82) is 0 Å². The van der Waals surface area contributed by atoms with Crippen LogP contribution in [-0.2, 0) is 6.54 Å². The summed E-state index contributed by atoms with van der Waals surface area (Å²) in [5.74, 6) is 2.52. The van der Waals surface area contributed by atoms with Crippen LogP contribution in [0.5, 0.6) is 11.5 Å². The highest BCUT2D eigenvalue weighted by Crippen LogP contribution is 2.32. The van der Waals surface area contributed by atoms with Gasteiger partial charge in [-0.15, -0.1) is 24.0 Å². The number of rotatable bonds is 3. The third-order valence-corrected chi connectivity index (χ3v) is 4.07. The molecule has 1 aliphatic carbocycles. The lowest BCUT2D eigenvalue weighted by Crippen LogP contribution is -2.43. The van der Waals surface area contributed by atoms with Crippen LogP contribution >= 0.6 is 24.0 Å². The van der Waals surface area contributed by atoms with E-state index in [4.69, 9.17) is 9.47 Å². The highest BCUT2D eigenvalue weighted by atomic mass is 127. The molecule has 0 radical (unpaired) electrons. The summed E-state index contributed by atoms with van der Waals surface area (Å²) >= 11 is 0. The summed E-state index contributed by atoms with van der Waals surface area (Å²) in [6.07, 6.45) is 6.48. The zero-order valence-corrected chi connectivity index (χ0v) is 15.3. The van der Waals surface area contributed by atoms with Crippen molar-refractivity contribution >= 4 is 29.9 Å². The number of fused-ring (bicyclic) bond motifs is 1. The fraction of sp³-hybridized carbons (Fsp3) is 0.562. The average Bonchev–Trinajstić information content (AvgIpc) is 3.00. The summed E-state index contributed by atoms with van der Waals surface area (Å²) in [5.41, 5.74) is 1.16. The number of aliphatic imine (C=N–C) groups is 1. The van der Waals surface area contributed by atoms with Crippen molar-refractivity contribution in [3.05, 3.63) is 23.8 Å². The molecule has 5 nitrogen and oxygen atoms in total. The van der Waals surface area contributed by atoms with Crippen molar-refractivity contribution < 1.29 is 9.47 Å². The molecule has 1 aromatic rings.